The van der Waals surface area contributed by atoms with Gasteiger partial charge in [-0.05, 0) is 19.3 Å². The highest BCUT2D eigenvalue weighted by Crippen LogP contribution is 2.16. The van der Waals surface area contributed by atoms with Crippen molar-refractivity contribution in [2.45, 2.75) is 31.4 Å². The SMILES string of the molecule is CCCS(=O)C1CCN(C(=O)O)CC1. The topological polar surface area (TPSA) is 57.6 Å². The minimum Gasteiger partial charge on any atom is -0.465 e. The quantitative estimate of drug-likeness (QED) is 0.778. The lowest BCUT2D eigenvalue weighted by Crippen LogP contribution is -2.40. The lowest BCUT2D eigenvalue weighted by atomic mass is 10.1. The highest BCUT2D eigenvalue weighted by atomic mass is 32.2. The summed E-state index contributed by atoms with van der Waals surface area (Å²) >= 11 is 0. The predicted molar refractivity (Wildman–Crippen MR) is 55.9 cm³/mol. The number of carbonyl (C=O) groups is 1. The van der Waals surface area contributed by atoms with Crippen LogP contribution in [0.15, 0.2) is 0 Å². The minimum absolute atomic E-state index is 0.213. The second kappa shape index (κ2) is 5.34. The molecule has 5 heteroatoms. The van der Waals surface area contributed by atoms with Crippen LogP contribution in [-0.2, 0) is 10.8 Å². The van der Waals surface area contributed by atoms with Gasteiger partial charge in [0.15, 0.2) is 0 Å². The van der Waals surface area contributed by atoms with E-state index in [1.54, 1.807) is 0 Å². The Morgan fingerprint density at radius 3 is 2.50 bits per heavy atom. The van der Waals surface area contributed by atoms with Gasteiger partial charge in [-0.3, -0.25) is 4.21 Å². The van der Waals surface area contributed by atoms with Gasteiger partial charge in [0.25, 0.3) is 0 Å². The van der Waals surface area contributed by atoms with Crippen LogP contribution in [0.3, 0.4) is 0 Å². The summed E-state index contributed by atoms with van der Waals surface area (Å²) < 4.78 is 11.6. The molecule has 1 heterocycles. The maximum absolute atomic E-state index is 11.6. The molecule has 4 nitrogen and oxygen atoms in total. The van der Waals surface area contributed by atoms with Gasteiger partial charge in [-0.25, -0.2) is 4.79 Å². The third-order valence-corrected chi connectivity index (χ3v) is 4.52. The van der Waals surface area contributed by atoms with Crippen LogP contribution in [0.1, 0.15) is 26.2 Å². The summed E-state index contributed by atoms with van der Waals surface area (Å²) in [6, 6.07) is 0. The molecular formula is C9H17NO3S. The van der Waals surface area contributed by atoms with Gasteiger partial charge in [0, 0.05) is 34.9 Å². The molecule has 1 atom stereocenters. The lowest BCUT2D eigenvalue weighted by Gasteiger charge is -2.29. The van der Waals surface area contributed by atoms with Gasteiger partial charge in [0.05, 0.1) is 0 Å². The molecule has 0 aromatic rings. The van der Waals surface area contributed by atoms with Crippen LogP contribution in [-0.4, -0.2) is 44.4 Å². The normalized spacial score (nSPS) is 20.8. The molecule has 0 radical (unpaired) electrons. The van der Waals surface area contributed by atoms with Crippen LogP contribution in [0.4, 0.5) is 4.79 Å². The van der Waals surface area contributed by atoms with Gasteiger partial charge in [0.2, 0.25) is 0 Å². The second-order valence-electron chi connectivity index (χ2n) is 3.55. The first-order valence-corrected chi connectivity index (χ1v) is 6.38. The third kappa shape index (κ3) is 2.97. The summed E-state index contributed by atoms with van der Waals surface area (Å²) in [5.74, 6) is 0.748. The number of hydrogen-bond donors (Lipinski definition) is 1. The lowest BCUT2D eigenvalue weighted by molar-refractivity contribution is 0.136. The van der Waals surface area contributed by atoms with E-state index in [-0.39, 0.29) is 5.25 Å². The molecule has 1 N–H and O–H groups in total. The van der Waals surface area contributed by atoms with Crippen molar-refractivity contribution in [3.63, 3.8) is 0 Å². The van der Waals surface area contributed by atoms with Crippen LogP contribution in [0.2, 0.25) is 0 Å². The Bertz CT molecular complexity index is 224. The average Bonchev–Trinajstić information content (AvgIpc) is 2.18. The van der Waals surface area contributed by atoms with Crippen molar-refractivity contribution in [3.8, 4) is 0 Å². The molecule has 0 aliphatic carbocycles. The largest absolute Gasteiger partial charge is 0.465 e. The predicted octanol–water partition coefficient (Wildman–Crippen LogP) is 1.29. The zero-order valence-electron chi connectivity index (χ0n) is 8.44. The van der Waals surface area contributed by atoms with Gasteiger partial charge in [-0.1, -0.05) is 6.92 Å². The molecule has 0 spiro atoms. The third-order valence-electron chi connectivity index (χ3n) is 2.49. The first-order valence-electron chi connectivity index (χ1n) is 5.00. The number of carboxylic acid groups (broad SMARTS) is 1. The van der Waals surface area contributed by atoms with Crippen molar-refractivity contribution in [1.29, 1.82) is 0 Å². The van der Waals surface area contributed by atoms with Crippen LogP contribution >= 0.6 is 0 Å². The number of hydrogen-bond acceptors (Lipinski definition) is 2. The highest BCUT2D eigenvalue weighted by molar-refractivity contribution is 7.85. The zero-order chi connectivity index (χ0) is 10.6. The molecule has 0 saturated carbocycles. The molecule has 1 fully saturated rings. The van der Waals surface area contributed by atoms with Crippen molar-refractivity contribution in [2.75, 3.05) is 18.8 Å². The Morgan fingerprint density at radius 2 is 2.07 bits per heavy atom. The van der Waals surface area contributed by atoms with E-state index in [2.05, 4.69) is 0 Å². The van der Waals surface area contributed by atoms with Crippen molar-refractivity contribution >= 4 is 16.9 Å². The van der Waals surface area contributed by atoms with E-state index >= 15 is 0 Å². The molecule has 1 aliphatic heterocycles. The zero-order valence-corrected chi connectivity index (χ0v) is 9.26. The number of piperidine rings is 1. The van der Waals surface area contributed by atoms with E-state index in [4.69, 9.17) is 5.11 Å². The van der Waals surface area contributed by atoms with E-state index < -0.39 is 16.9 Å². The molecule has 1 aliphatic rings. The van der Waals surface area contributed by atoms with Crippen molar-refractivity contribution < 1.29 is 14.1 Å². The van der Waals surface area contributed by atoms with Gasteiger partial charge in [-0.15, -0.1) is 0 Å². The maximum Gasteiger partial charge on any atom is 0.407 e. The molecular weight excluding hydrogens is 202 g/mol. The Hall–Kier alpha value is -0.580. The van der Waals surface area contributed by atoms with E-state index in [9.17, 15) is 9.00 Å². The molecule has 1 rings (SSSR count). The Kier molecular flexibility index (Phi) is 4.38. The van der Waals surface area contributed by atoms with Crippen LogP contribution in [0.25, 0.3) is 0 Å². The standard InChI is InChI=1S/C9H17NO3S/c1-2-7-14(13)8-3-5-10(6-4-8)9(11)12/h8H,2-7H2,1H3,(H,11,12). The number of nitrogens with zero attached hydrogens (tertiary/aromatic N) is 1. The Balaban J connectivity index is 2.35. The molecule has 14 heavy (non-hydrogen) atoms. The second-order valence-corrected chi connectivity index (χ2v) is 5.39. The number of rotatable bonds is 3. The molecule has 1 amide bonds. The Morgan fingerprint density at radius 1 is 1.50 bits per heavy atom. The molecule has 82 valence electrons. The summed E-state index contributed by atoms with van der Waals surface area (Å²) in [6.45, 7) is 3.09. The van der Waals surface area contributed by atoms with E-state index in [0.717, 1.165) is 25.0 Å². The summed E-state index contributed by atoms with van der Waals surface area (Å²) in [4.78, 5) is 12.0. The fourth-order valence-corrected chi connectivity index (χ4v) is 3.15. The molecule has 0 aromatic carbocycles. The summed E-state index contributed by atoms with van der Waals surface area (Å²) in [5, 5.41) is 8.93. The molecule has 1 unspecified atom stereocenters. The smallest absolute Gasteiger partial charge is 0.407 e. The van der Waals surface area contributed by atoms with Gasteiger partial charge >= 0.3 is 6.09 Å². The fraction of sp³-hybridized carbons (Fsp3) is 0.889. The maximum atomic E-state index is 11.6. The van der Waals surface area contributed by atoms with Crippen LogP contribution in [0, 0.1) is 0 Å². The molecule has 0 bridgehead atoms. The van der Waals surface area contributed by atoms with Crippen molar-refractivity contribution in [3.05, 3.63) is 0 Å². The van der Waals surface area contributed by atoms with Crippen LogP contribution < -0.4 is 0 Å². The highest BCUT2D eigenvalue weighted by Gasteiger charge is 2.25. The minimum atomic E-state index is -0.857. The van der Waals surface area contributed by atoms with E-state index in [1.165, 1.54) is 4.90 Å². The van der Waals surface area contributed by atoms with Gasteiger partial charge < -0.3 is 10.0 Å². The Labute approximate surface area is 86.7 Å². The van der Waals surface area contributed by atoms with Gasteiger partial charge in [-0.2, -0.15) is 0 Å². The van der Waals surface area contributed by atoms with Gasteiger partial charge in [0.1, 0.15) is 0 Å². The first kappa shape index (κ1) is 11.5. The van der Waals surface area contributed by atoms with E-state index in [0.29, 0.717) is 13.1 Å². The fourth-order valence-electron chi connectivity index (χ4n) is 1.68. The molecule has 0 aromatic heterocycles. The summed E-state index contributed by atoms with van der Waals surface area (Å²) in [7, 11) is -0.754. The number of likely N-dealkylation sites (tertiary alicyclic amines) is 1. The molecule has 1 saturated heterocycles. The number of amides is 1. The van der Waals surface area contributed by atoms with Crippen LogP contribution in [0.5, 0.6) is 0 Å². The van der Waals surface area contributed by atoms with E-state index in [1.807, 2.05) is 6.92 Å². The first-order chi connectivity index (χ1) is 6.65. The average molecular weight is 219 g/mol. The summed E-state index contributed by atoms with van der Waals surface area (Å²) in [5.41, 5.74) is 0. The van der Waals surface area contributed by atoms with Crippen molar-refractivity contribution in [2.24, 2.45) is 0 Å². The summed E-state index contributed by atoms with van der Waals surface area (Å²) in [6.07, 6.45) is 1.58. The monoisotopic (exact) mass is 219 g/mol. The van der Waals surface area contributed by atoms with Crippen molar-refractivity contribution in [1.82, 2.24) is 4.90 Å².